The number of hydrogen-bond donors (Lipinski definition) is 4. The average Bonchev–Trinajstić information content (AvgIpc) is 3.30. The second kappa shape index (κ2) is 9.63. The highest BCUT2D eigenvalue weighted by atomic mass is 35.5. The molecular weight excluding hydrogens is 466 g/mol. The minimum absolute atomic E-state index is 0. The molecule has 0 saturated heterocycles. The third kappa shape index (κ3) is 4.55. The summed E-state index contributed by atoms with van der Waals surface area (Å²) in [5.74, 6) is -1.24. The summed E-state index contributed by atoms with van der Waals surface area (Å²) in [6.07, 6.45) is 0. The number of nitro groups is 1. The zero-order chi connectivity index (χ0) is 23.7. The van der Waals surface area contributed by atoms with Crippen LogP contribution < -0.4 is 15.9 Å². The Bertz CT molecular complexity index is 1410. The number of benzene rings is 2. The number of esters is 1. The second-order valence-corrected chi connectivity index (χ2v) is 7.43. The molecule has 2 heterocycles. The Morgan fingerprint density at radius 3 is 1.94 bits per heavy atom. The first-order valence-electron chi connectivity index (χ1n) is 9.87. The quantitative estimate of drug-likeness (QED) is 0.142. The molecule has 0 amide bonds. The molecule has 34 heavy (non-hydrogen) atoms. The van der Waals surface area contributed by atoms with Gasteiger partial charge in [-0.05, 0) is 43.7 Å². The SMILES string of the molecule is Cc1[nH][nH]c(=O)c1C(c1cccc(OC(=O)c2ccc([N+](=O)[O-])cc2)c1)c1c(C)[nH][nH]c1=O.Cl. The topological polar surface area (TPSA) is 167 Å². The number of carbonyl (C=O) groups excluding carboxylic acids is 1. The number of aryl methyl sites for hydroxylation is 2. The number of halogens is 1. The van der Waals surface area contributed by atoms with E-state index in [1.54, 1.807) is 38.1 Å². The molecule has 4 rings (SSSR count). The summed E-state index contributed by atoms with van der Waals surface area (Å²) < 4.78 is 5.45. The molecule has 2 aromatic carbocycles. The van der Waals surface area contributed by atoms with Gasteiger partial charge in [-0.1, -0.05) is 12.1 Å². The van der Waals surface area contributed by atoms with Crippen LogP contribution in [-0.2, 0) is 0 Å². The van der Waals surface area contributed by atoms with E-state index in [0.29, 0.717) is 28.1 Å². The lowest BCUT2D eigenvalue weighted by molar-refractivity contribution is -0.384. The first-order chi connectivity index (χ1) is 15.8. The Balaban J connectivity index is 0.00000324. The van der Waals surface area contributed by atoms with E-state index < -0.39 is 16.8 Å². The number of carbonyl (C=O) groups is 1. The molecule has 0 aliphatic heterocycles. The van der Waals surface area contributed by atoms with Crippen molar-refractivity contribution in [1.29, 1.82) is 0 Å². The van der Waals surface area contributed by atoms with Gasteiger partial charge in [0.1, 0.15) is 5.75 Å². The van der Waals surface area contributed by atoms with Crippen molar-refractivity contribution in [1.82, 2.24) is 20.4 Å². The van der Waals surface area contributed by atoms with Gasteiger partial charge >= 0.3 is 5.97 Å². The van der Waals surface area contributed by atoms with Crippen molar-refractivity contribution in [2.45, 2.75) is 19.8 Å². The lowest BCUT2D eigenvalue weighted by Gasteiger charge is -2.17. The van der Waals surface area contributed by atoms with Crippen LogP contribution in [0.15, 0.2) is 58.1 Å². The van der Waals surface area contributed by atoms with Crippen LogP contribution in [0.2, 0.25) is 0 Å². The zero-order valence-corrected chi connectivity index (χ0v) is 18.8. The van der Waals surface area contributed by atoms with Crippen LogP contribution in [0, 0.1) is 24.0 Å². The Hall–Kier alpha value is -4.38. The van der Waals surface area contributed by atoms with Crippen molar-refractivity contribution >= 4 is 24.1 Å². The maximum absolute atomic E-state index is 12.6. The Morgan fingerprint density at radius 2 is 1.47 bits per heavy atom. The number of non-ortho nitro benzene ring substituents is 1. The minimum Gasteiger partial charge on any atom is -0.423 e. The molecule has 4 aromatic rings. The summed E-state index contributed by atoms with van der Waals surface area (Å²) in [5.41, 5.74) is 1.68. The van der Waals surface area contributed by atoms with Gasteiger partial charge in [-0.15, -0.1) is 12.4 Å². The standard InChI is InChI=1S/C22H19N5O6.ClH/c1-11-17(20(28)25-23-11)19(18-12(2)24-26-21(18)29)14-4-3-5-16(10-14)33-22(30)13-6-8-15(9-7-13)27(31)32;/h3-10,19H,1-2H3,(H2,23,25,28)(H2,24,26,29);1H. The number of ether oxygens (including phenoxy) is 1. The molecular formula is C22H20ClN5O6. The number of H-pyrrole nitrogens is 4. The lowest BCUT2D eigenvalue weighted by atomic mass is 9.85. The smallest absolute Gasteiger partial charge is 0.343 e. The fourth-order valence-corrected chi connectivity index (χ4v) is 3.73. The molecule has 0 fully saturated rings. The van der Waals surface area contributed by atoms with Gasteiger partial charge < -0.3 is 14.9 Å². The number of rotatable bonds is 6. The van der Waals surface area contributed by atoms with Crippen molar-refractivity contribution in [3.63, 3.8) is 0 Å². The predicted octanol–water partition coefficient (Wildman–Crippen LogP) is 3.07. The average molecular weight is 486 g/mol. The van der Waals surface area contributed by atoms with E-state index in [4.69, 9.17) is 4.74 Å². The molecule has 12 heteroatoms. The van der Waals surface area contributed by atoms with E-state index in [1.165, 1.54) is 24.3 Å². The summed E-state index contributed by atoms with van der Waals surface area (Å²) in [6, 6.07) is 11.5. The highest BCUT2D eigenvalue weighted by Crippen LogP contribution is 2.32. The van der Waals surface area contributed by atoms with E-state index in [0.717, 1.165) is 0 Å². The highest BCUT2D eigenvalue weighted by Gasteiger charge is 2.28. The Labute approximate surface area is 197 Å². The Morgan fingerprint density at radius 1 is 0.912 bits per heavy atom. The van der Waals surface area contributed by atoms with Gasteiger partial charge in [0.2, 0.25) is 0 Å². The van der Waals surface area contributed by atoms with Gasteiger partial charge in [-0.3, -0.25) is 29.9 Å². The molecule has 0 aliphatic carbocycles. The molecule has 0 atom stereocenters. The van der Waals surface area contributed by atoms with Gasteiger partial charge in [0.15, 0.2) is 0 Å². The number of aromatic amines is 4. The van der Waals surface area contributed by atoms with Crippen LogP contribution in [0.25, 0.3) is 0 Å². The third-order valence-electron chi connectivity index (χ3n) is 5.32. The predicted molar refractivity (Wildman–Crippen MR) is 125 cm³/mol. The summed E-state index contributed by atoms with van der Waals surface area (Å²) in [5, 5.41) is 21.4. The molecule has 2 aromatic heterocycles. The summed E-state index contributed by atoms with van der Waals surface area (Å²) in [6.45, 7) is 3.43. The maximum Gasteiger partial charge on any atom is 0.343 e. The van der Waals surface area contributed by atoms with Gasteiger partial charge in [0, 0.05) is 29.4 Å². The molecule has 176 valence electrons. The lowest BCUT2D eigenvalue weighted by Crippen LogP contribution is -2.20. The number of hydrogen-bond acceptors (Lipinski definition) is 6. The molecule has 0 aliphatic rings. The number of aromatic nitrogens is 4. The highest BCUT2D eigenvalue weighted by molar-refractivity contribution is 5.91. The van der Waals surface area contributed by atoms with Crippen molar-refractivity contribution in [2.24, 2.45) is 0 Å². The monoisotopic (exact) mass is 485 g/mol. The van der Waals surface area contributed by atoms with Gasteiger partial charge in [0.25, 0.3) is 16.8 Å². The molecule has 0 unspecified atom stereocenters. The fraction of sp³-hybridized carbons (Fsp3) is 0.136. The number of nitro benzene ring substituents is 1. The van der Waals surface area contributed by atoms with Crippen molar-refractivity contribution in [3.05, 3.63) is 113 Å². The summed E-state index contributed by atoms with van der Waals surface area (Å²) in [7, 11) is 0. The van der Waals surface area contributed by atoms with Crippen LogP contribution >= 0.6 is 12.4 Å². The van der Waals surface area contributed by atoms with Crippen molar-refractivity contribution < 1.29 is 14.5 Å². The fourth-order valence-electron chi connectivity index (χ4n) is 3.73. The number of nitrogens with one attached hydrogen (secondary N) is 4. The van der Waals surface area contributed by atoms with Crippen molar-refractivity contribution in [2.75, 3.05) is 0 Å². The van der Waals surface area contributed by atoms with Gasteiger partial charge in [0.05, 0.1) is 21.6 Å². The van der Waals surface area contributed by atoms with Crippen molar-refractivity contribution in [3.8, 4) is 5.75 Å². The largest absolute Gasteiger partial charge is 0.423 e. The van der Waals surface area contributed by atoms with E-state index >= 15 is 0 Å². The summed E-state index contributed by atoms with van der Waals surface area (Å²) >= 11 is 0. The normalized spacial score (nSPS) is 10.7. The van der Waals surface area contributed by atoms with E-state index in [9.17, 15) is 24.5 Å². The maximum atomic E-state index is 12.6. The summed E-state index contributed by atoms with van der Waals surface area (Å²) in [4.78, 5) is 47.9. The molecule has 0 spiro atoms. The Kier molecular flexibility index (Phi) is 6.87. The third-order valence-corrected chi connectivity index (χ3v) is 5.32. The van der Waals surface area contributed by atoms with Crippen LogP contribution in [0.3, 0.4) is 0 Å². The van der Waals surface area contributed by atoms with Gasteiger partial charge in [-0.25, -0.2) is 4.79 Å². The first-order valence-corrected chi connectivity index (χ1v) is 9.87. The van der Waals surface area contributed by atoms with Gasteiger partial charge in [-0.2, -0.15) is 0 Å². The van der Waals surface area contributed by atoms with Crippen LogP contribution in [-0.4, -0.2) is 31.3 Å². The molecule has 0 bridgehead atoms. The number of nitrogens with zero attached hydrogens (tertiary/aromatic N) is 1. The molecule has 4 N–H and O–H groups in total. The van der Waals surface area contributed by atoms with Crippen LogP contribution in [0.5, 0.6) is 5.75 Å². The molecule has 0 radical (unpaired) electrons. The van der Waals surface area contributed by atoms with E-state index in [-0.39, 0.29) is 40.5 Å². The van der Waals surface area contributed by atoms with Crippen LogP contribution in [0.1, 0.15) is 44.4 Å². The van der Waals surface area contributed by atoms with E-state index in [1.807, 2.05) is 0 Å². The minimum atomic E-state index is -0.729. The molecule has 0 saturated carbocycles. The van der Waals surface area contributed by atoms with Crippen LogP contribution in [0.4, 0.5) is 5.69 Å². The van der Waals surface area contributed by atoms with E-state index in [2.05, 4.69) is 20.4 Å². The molecule has 11 nitrogen and oxygen atoms in total. The zero-order valence-electron chi connectivity index (χ0n) is 18.0. The second-order valence-electron chi connectivity index (χ2n) is 7.43. The first kappa shape index (κ1) is 24.3.